The molecule has 0 aliphatic rings. The fourth-order valence-corrected chi connectivity index (χ4v) is 18.7. The van der Waals surface area contributed by atoms with Gasteiger partial charge >= 0.3 is 0 Å². The Morgan fingerprint density at radius 3 is 0.587 bits per heavy atom. The summed E-state index contributed by atoms with van der Waals surface area (Å²) in [6.45, 7) is 49.0. The van der Waals surface area contributed by atoms with Crippen LogP contribution in [0.2, 0.25) is 0 Å². The molecular formula is C116H202O10. The number of benzene rings is 4. The molecule has 0 heterocycles. The first-order valence-corrected chi connectivity index (χ1v) is 53.1. The van der Waals surface area contributed by atoms with Gasteiger partial charge in [0.25, 0.3) is 0 Å². The largest absolute Gasteiger partial charge is 0.497 e. The Hall–Kier alpha value is -3.84. The summed E-state index contributed by atoms with van der Waals surface area (Å²) in [6.07, 6.45) is 55.6. The highest BCUT2D eigenvalue weighted by Crippen LogP contribution is 2.31. The smallest absolute Gasteiger partial charge is 0.118 e. The lowest BCUT2D eigenvalue weighted by atomic mass is 9.88. The lowest BCUT2D eigenvalue weighted by Gasteiger charge is -2.21. The van der Waals surface area contributed by atoms with Crippen LogP contribution in [0, 0.1) is 94.7 Å². The van der Waals surface area contributed by atoms with Crippen molar-refractivity contribution in [3.8, 4) is 11.5 Å². The number of hydrogen-bond donors (Lipinski definition) is 0. The summed E-state index contributed by atoms with van der Waals surface area (Å²) in [5.41, 5.74) is 4.81. The molecule has 0 saturated heterocycles. The lowest BCUT2D eigenvalue weighted by Crippen LogP contribution is -2.27. The minimum absolute atomic E-state index is 0.0385. The van der Waals surface area contributed by atoms with E-state index in [9.17, 15) is 0 Å². The second-order valence-electron chi connectivity index (χ2n) is 42.4. The van der Waals surface area contributed by atoms with Crippen molar-refractivity contribution in [3.63, 3.8) is 0 Å². The van der Waals surface area contributed by atoms with E-state index >= 15 is 0 Å². The zero-order valence-corrected chi connectivity index (χ0v) is 85.5. The average Bonchev–Trinajstić information content (AvgIpc) is 0.918. The fourth-order valence-electron chi connectivity index (χ4n) is 18.7. The minimum atomic E-state index is -0.0391. The Bertz CT molecular complexity index is 3000. The molecule has 4 aromatic rings. The van der Waals surface area contributed by atoms with Gasteiger partial charge in [0.1, 0.15) is 23.7 Å². The van der Waals surface area contributed by atoms with Crippen molar-refractivity contribution < 1.29 is 47.4 Å². The van der Waals surface area contributed by atoms with Gasteiger partial charge in [0.15, 0.2) is 0 Å². The number of hydrogen-bond acceptors (Lipinski definition) is 10. The molecule has 0 spiro atoms. The topological polar surface area (TPSA) is 92.3 Å². The maximum absolute atomic E-state index is 6.54. The number of ether oxygens (including phenoxy) is 10. The molecule has 0 aromatic heterocycles. The van der Waals surface area contributed by atoms with Gasteiger partial charge < -0.3 is 47.4 Å². The van der Waals surface area contributed by atoms with E-state index in [0.29, 0.717) is 88.4 Å². The number of methoxy groups -OCH3 is 2. The summed E-state index contributed by atoms with van der Waals surface area (Å²) >= 11 is 0. The molecule has 0 aliphatic carbocycles. The first-order valence-electron chi connectivity index (χ1n) is 53.1. The number of rotatable bonds is 87. The van der Waals surface area contributed by atoms with E-state index in [4.69, 9.17) is 47.4 Å². The van der Waals surface area contributed by atoms with Crippen molar-refractivity contribution in [1.29, 1.82) is 0 Å². The Balaban J connectivity index is 0.932. The Kier molecular flexibility index (Phi) is 68.6. The molecular weight excluding hydrogens is 1550 g/mol. The van der Waals surface area contributed by atoms with Gasteiger partial charge in [0.2, 0.25) is 0 Å². The van der Waals surface area contributed by atoms with Gasteiger partial charge in [-0.2, -0.15) is 0 Å². The molecule has 726 valence electrons. The van der Waals surface area contributed by atoms with E-state index in [1.165, 1.54) is 266 Å². The van der Waals surface area contributed by atoms with E-state index in [1.807, 2.05) is 24.3 Å². The van der Waals surface area contributed by atoms with Crippen molar-refractivity contribution in [2.45, 2.75) is 419 Å². The molecule has 4 rings (SSSR count). The average molecular weight is 1760 g/mol. The van der Waals surface area contributed by atoms with Crippen LogP contribution in [0.4, 0.5) is 0 Å². The third-order valence-electron chi connectivity index (χ3n) is 28.4. The molecule has 4 aromatic carbocycles. The van der Waals surface area contributed by atoms with Crippen molar-refractivity contribution in [1.82, 2.24) is 0 Å². The first-order chi connectivity index (χ1) is 61.0. The van der Waals surface area contributed by atoms with Gasteiger partial charge in [-0.25, -0.2) is 0 Å². The van der Waals surface area contributed by atoms with E-state index in [0.717, 1.165) is 136 Å². The van der Waals surface area contributed by atoms with Crippen molar-refractivity contribution in [2.24, 2.45) is 94.7 Å². The van der Waals surface area contributed by atoms with Crippen LogP contribution in [-0.4, -0.2) is 92.5 Å². The summed E-state index contributed by atoms with van der Waals surface area (Å²) in [5.74, 6) is 13.9. The molecule has 0 amide bonds. The van der Waals surface area contributed by atoms with Crippen LogP contribution in [0.25, 0.3) is 0 Å². The molecule has 126 heavy (non-hydrogen) atoms. The standard InChI is InChI=1S/C116H202O10/c1-93(37-25-39-95(3)47-31-55-103(11)75-79-119-89-116(92-124-86-110-63-23-20-24-64-110)126-82-78-106(14)58-34-50-98(6)42-28-44-100(8)52-36-60-108(16)84-122-88-112-69-73-114(118-18)74-70-112)45-29-53-101(9)65-66-102(10)54-30-46-94(2)38-26-40-97(5)49-33-57-105(13)77-81-125-115(91-123-85-109-61-21-19-22-62-109)90-120-80-76-104(12)56-32-48-96(4)41-27-43-99(7)51-35-59-107(15)83-121-87-111-67-71-113(117-17)72-68-111/h19-24,61-64,67-74,93-108,115-116H,25-60,65-66,75-92H2,1-18H3/t93-,94-,95+,96+,97+,98+,99-,100-,101-,102-,103+,104+,105+,106+,107-,108-,115-,116-/m0/s1. The third kappa shape index (κ3) is 64.1. The highest BCUT2D eigenvalue weighted by Gasteiger charge is 2.20. The van der Waals surface area contributed by atoms with Gasteiger partial charge in [-0.05, 0) is 180 Å². The molecule has 18 atom stereocenters. The summed E-state index contributed by atoms with van der Waals surface area (Å²) < 4.78 is 60.9. The highest BCUT2D eigenvalue weighted by atomic mass is 16.6. The molecule has 0 N–H and O–H groups in total. The van der Waals surface area contributed by atoms with Crippen molar-refractivity contribution in [2.75, 3.05) is 80.3 Å². The highest BCUT2D eigenvalue weighted by molar-refractivity contribution is 5.27. The SMILES string of the molecule is COc1ccc(COC[C@@H](C)CCC[C@@H](C)CCC[C@@H](C)CCC[C@@H](C)CCOC[C@@H](COCc2ccccc2)OCC[C@H](C)CCC[C@H](C)CCC[C@H](C)CCC[C@H](C)CC[C@@H](C)CCC[C@@H](C)CCC[C@@H](C)CCC[C@@H](C)CCOC[C@@H](COCc2ccccc2)OCC[C@H](C)CCC[C@H](C)CCC[C@H](C)CCC[C@H](C)COCc2ccc(OC)cc2)cc1. The minimum Gasteiger partial charge on any atom is -0.497 e. The van der Waals surface area contributed by atoms with Crippen LogP contribution in [0.15, 0.2) is 109 Å². The molecule has 0 saturated carbocycles. The van der Waals surface area contributed by atoms with Crippen LogP contribution in [-0.2, 0) is 64.3 Å². The van der Waals surface area contributed by atoms with Crippen LogP contribution in [0.5, 0.6) is 11.5 Å². The van der Waals surface area contributed by atoms with Gasteiger partial charge in [0, 0.05) is 39.6 Å². The Labute approximate surface area is 779 Å². The maximum Gasteiger partial charge on any atom is 0.118 e. The van der Waals surface area contributed by atoms with Crippen LogP contribution in [0.1, 0.15) is 403 Å². The van der Waals surface area contributed by atoms with E-state index in [2.05, 4.69) is 196 Å². The Morgan fingerprint density at radius 1 is 0.175 bits per heavy atom. The summed E-state index contributed by atoms with van der Waals surface area (Å²) in [6, 6.07) is 37.4. The maximum atomic E-state index is 6.54. The predicted octanol–water partition coefficient (Wildman–Crippen LogP) is 33.2. The van der Waals surface area contributed by atoms with Gasteiger partial charge in [-0.1, -0.05) is 427 Å². The summed E-state index contributed by atoms with van der Waals surface area (Å²) in [7, 11) is 3.42. The lowest BCUT2D eigenvalue weighted by molar-refractivity contribution is -0.0670. The first kappa shape index (κ1) is 114. The monoisotopic (exact) mass is 1760 g/mol. The quantitative estimate of drug-likeness (QED) is 0.0398. The van der Waals surface area contributed by atoms with E-state index in [1.54, 1.807) is 14.2 Å². The third-order valence-corrected chi connectivity index (χ3v) is 28.4. The molecule has 10 heteroatoms. The van der Waals surface area contributed by atoms with Gasteiger partial charge in [-0.15, -0.1) is 0 Å². The summed E-state index contributed by atoms with van der Waals surface area (Å²) in [4.78, 5) is 0. The van der Waals surface area contributed by atoms with Crippen molar-refractivity contribution >= 4 is 0 Å². The van der Waals surface area contributed by atoms with E-state index < -0.39 is 0 Å². The molecule has 0 bridgehead atoms. The summed E-state index contributed by atoms with van der Waals surface area (Å²) in [5, 5.41) is 0. The van der Waals surface area contributed by atoms with Gasteiger partial charge in [0.05, 0.1) is 67.1 Å². The van der Waals surface area contributed by atoms with Crippen LogP contribution in [0.3, 0.4) is 0 Å². The predicted molar refractivity (Wildman–Crippen MR) is 539 cm³/mol. The molecule has 0 radical (unpaired) electrons. The Morgan fingerprint density at radius 2 is 0.357 bits per heavy atom. The zero-order chi connectivity index (χ0) is 91.3. The second-order valence-corrected chi connectivity index (χ2v) is 42.4. The van der Waals surface area contributed by atoms with Crippen molar-refractivity contribution in [3.05, 3.63) is 131 Å². The zero-order valence-electron chi connectivity index (χ0n) is 85.5. The molecule has 0 unspecified atom stereocenters. The van der Waals surface area contributed by atoms with Gasteiger partial charge in [-0.3, -0.25) is 0 Å². The molecule has 10 nitrogen and oxygen atoms in total. The molecule has 0 aliphatic heterocycles. The second kappa shape index (κ2) is 75.6. The fraction of sp³-hybridized carbons (Fsp3) is 0.793. The molecule has 0 fully saturated rings. The van der Waals surface area contributed by atoms with E-state index in [-0.39, 0.29) is 12.2 Å². The van der Waals surface area contributed by atoms with Crippen LogP contribution >= 0.6 is 0 Å². The van der Waals surface area contributed by atoms with Crippen LogP contribution < -0.4 is 9.47 Å². The normalized spacial score (nSPS) is 16.4.